The van der Waals surface area contributed by atoms with Crippen LogP contribution in [-0.4, -0.2) is 29.0 Å². The third-order valence-electron chi connectivity index (χ3n) is 4.00. The fourth-order valence-corrected chi connectivity index (χ4v) is 2.81. The Kier molecular flexibility index (Phi) is 4.86. The van der Waals surface area contributed by atoms with Crippen molar-refractivity contribution in [3.8, 4) is 0 Å². The van der Waals surface area contributed by atoms with E-state index in [0.717, 1.165) is 30.3 Å². The van der Waals surface area contributed by atoms with Crippen LogP contribution in [0.5, 0.6) is 0 Å². The van der Waals surface area contributed by atoms with Gasteiger partial charge in [-0.25, -0.2) is 9.97 Å². The number of carbonyl (C=O) groups excluding carboxylic acids is 1. The Morgan fingerprint density at radius 2 is 2.09 bits per heavy atom. The van der Waals surface area contributed by atoms with Gasteiger partial charge in [0.1, 0.15) is 0 Å². The van der Waals surface area contributed by atoms with Crippen LogP contribution in [0.1, 0.15) is 29.7 Å². The van der Waals surface area contributed by atoms with Gasteiger partial charge in [-0.1, -0.05) is 29.8 Å². The zero-order chi connectivity index (χ0) is 16.1. The van der Waals surface area contributed by atoms with E-state index >= 15 is 0 Å². The minimum Gasteiger partial charge on any atom is -0.350 e. The molecule has 1 aromatic heterocycles. The fourth-order valence-electron chi connectivity index (χ4n) is 2.81. The van der Waals surface area contributed by atoms with Crippen LogP contribution in [0.4, 0.5) is 5.95 Å². The Hall–Kier alpha value is -2.43. The van der Waals surface area contributed by atoms with Crippen molar-refractivity contribution in [1.82, 2.24) is 15.3 Å². The molecule has 5 nitrogen and oxygen atoms in total. The summed E-state index contributed by atoms with van der Waals surface area (Å²) in [6.45, 7) is 4.50. The Bertz CT molecular complexity index is 680. The molecular formula is C18H22N4O. The number of aromatic nitrogens is 2. The zero-order valence-electron chi connectivity index (χ0n) is 13.5. The molecule has 1 fully saturated rings. The van der Waals surface area contributed by atoms with E-state index in [4.69, 9.17) is 0 Å². The van der Waals surface area contributed by atoms with Gasteiger partial charge in [-0.05, 0) is 31.4 Å². The monoisotopic (exact) mass is 310 g/mol. The molecule has 1 aromatic carbocycles. The molecule has 0 spiro atoms. The molecule has 120 valence electrons. The molecule has 0 bridgehead atoms. The summed E-state index contributed by atoms with van der Waals surface area (Å²) in [5.74, 6) is 0.782. The first-order chi connectivity index (χ1) is 11.2. The number of benzene rings is 1. The van der Waals surface area contributed by atoms with Crippen LogP contribution < -0.4 is 10.2 Å². The lowest BCUT2D eigenvalue weighted by Gasteiger charge is -2.15. The van der Waals surface area contributed by atoms with Gasteiger partial charge in [-0.15, -0.1) is 0 Å². The van der Waals surface area contributed by atoms with Crippen molar-refractivity contribution in [1.29, 1.82) is 0 Å². The Balaban J connectivity index is 1.55. The zero-order valence-corrected chi connectivity index (χ0v) is 13.5. The summed E-state index contributed by atoms with van der Waals surface area (Å²) in [7, 11) is 0. The first-order valence-corrected chi connectivity index (χ1v) is 8.10. The van der Waals surface area contributed by atoms with Crippen LogP contribution >= 0.6 is 0 Å². The quantitative estimate of drug-likeness (QED) is 0.920. The minimum absolute atomic E-state index is 0.0111. The summed E-state index contributed by atoms with van der Waals surface area (Å²) in [4.78, 5) is 23.1. The third kappa shape index (κ3) is 4.28. The number of hydrogen-bond donors (Lipinski definition) is 1. The molecule has 0 unspecified atom stereocenters. The molecule has 0 atom stereocenters. The predicted octanol–water partition coefficient (Wildman–Crippen LogP) is 2.24. The van der Waals surface area contributed by atoms with Gasteiger partial charge in [0.2, 0.25) is 11.9 Å². The average Bonchev–Trinajstić information content (AvgIpc) is 3.08. The lowest BCUT2D eigenvalue weighted by molar-refractivity contribution is -0.120. The molecule has 1 saturated heterocycles. The van der Waals surface area contributed by atoms with Gasteiger partial charge in [0.25, 0.3) is 0 Å². The summed E-state index contributed by atoms with van der Waals surface area (Å²) < 4.78 is 0. The number of hydrogen-bond acceptors (Lipinski definition) is 4. The summed E-state index contributed by atoms with van der Waals surface area (Å²) in [5, 5.41) is 2.94. The van der Waals surface area contributed by atoms with Crippen molar-refractivity contribution in [2.24, 2.45) is 0 Å². The maximum Gasteiger partial charge on any atom is 0.225 e. The minimum atomic E-state index is 0.0111. The molecule has 3 rings (SSSR count). The lowest BCUT2D eigenvalue weighted by Crippen LogP contribution is -2.26. The van der Waals surface area contributed by atoms with Gasteiger partial charge in [-0.3, -0.25) is 4.79 Å². The molecule has 1 aliphatic rings. The summed E-state index contributed by atoms with van der Waals surface area (Å²) >= 11 is 0. The second kappa shape index (κ2) is 7.22. The highest BCUT2D eigenvalue weighted by atomic mass is 16.1. The van der Waals surface area contributed by atoms with Crippen molar-refractivity contribution in [3.63, 3.8) is 0 Å². The summed E-state index contributed by atoms with van der Waals surface area (Å²) in [6.07, 6.45) is 4.55. The van der Waals surface area contributed by atoms with E-state index in [1.165, 1.54) is 18.4 Å². The molecule has 5 heteroatoms. The maximum atomic E-state index is 12.1. The number of carbonyl (C=O) groups is 1. The molecule has 0 saturated carbocycles. The molecule has 2 aromatic rings. The highest BCUT2D eigenvalue weighted by molar-refractivity contribution is 5.78. The maximum absolute atomic E-state index is 12.1. The third-order valence-corrected chi connectivity index (χ3v) is 4.00. The topological polar surface area (TPSA) is 58.1 Å². The highest BCUT2D eigenvalue weighted by Gasteiger charge is 2.15. The molecule has 1 amide bonds. The van der Waals surface area contributed by atoms with Crippen molar-refractivity contribution in [2.75, 3.05) is 18.0 Å². The van der Waals surface area contributed by atoms with Gasteiger partial charge in [-0.2, -0.15) is 0 Å². The van der Waals surface area contributed by atoms with Gasteiger partial charge >= 0.3 is 0 Å². The van der Waals surface area contributed by atoms with E-state index < -0.39 is 0 Å². The van der Waals surface area contributed by atoms with Gasteiger partial charge in [0, 0.05) is 19.3 Å². The van der Waals surface area contributed by atoms with Crippen LogP contribution in [0.25, 0.3) is 0 Å². The summed E-state index contributed by atoms with van der Waals surface area (Å²) in [5.41, 5.74) is 3.05. The standard InChI is InChI=1S/C18H22N4O/c1-14-5-4-6-15(11-14)12-17(23)20-13-16-7-8-19-18(21-16)22-9-2-3-10-22/h4-8,11H,2-3,9-10,12-13H2,1H3,(H,20,23). The van der Waals surface area contributed by atoms with Crippen molar-refractivity contribution < 1.29 is 4.79 Å². The van der Waals surface area contributed by atoms with Gasteiger partial charge in [0.15, 0.2) is 0 Å². The molecule has 1 aliphatic heterocycles. The molecule has 23 heavy (non-hydrogen) atoms. The van der Waals surface area contributed by atoms with Crippen LogP contribution in [0.3, 0.4) is 0 Å². The predicted molar refractivity (Wildman–Crippen MR) is 90.2 cm³/mol. The SMILES string of the molecule is Cc1cccc(CC(=O)NCc2ccnc(N3CCCC3)n2)c1. The van der Waals surface area contributed by atoms with E-state index in [1.54, 1.807) is 6.20 Å². The lowest BCUT2D eigenvalue weighted by atomic mass is 10.1. The number of amides is 1. The van der Waals surface area contributed by atoms with E-state index in [-0.39, 0.29) is 5.91 Å². The van der Waals surface area contributed by atoms with Gasteiger partial charge in [0.05, 0.1) is 18.7 Å². The highest BCUT2D eigenvalue weighted by Crippen LogP contribution is 2.15. The molecule has 2 heterocycles. The van der Waals surface area contributed by atoms with Crippen LogP contribution in [0, 0.1) is 6.92 Å². The Labute approximate surface area is 136 Å². The van der Waals surface area contributed by atoms with E-state index in [9.17, 15) is 4.79 Å². The summed E-state index contributed by atoms with van der Waals surface area (Å²) in [6, 6.07) is 9.87. The largest absolute Gasteiger partial charge is 0.350 e. The van der Waals surface area contributed by atoms with Crippen molar-refractivity contribution in [3.05, 3.63) is 53.3 Å². The average molecular weight is 310 g/mol. The molecule has 0 radical (unpaired) electrons. The Morgan fingerprint density at radius 3 is 2.87 bits per heavy atom. The molecule has 1 N–H and O–H groups in total. The number of anilines is 1. The van der Waals surface area contributed by atoms with Crippen LogP contribution in [0.15, 0.2) is 36.5 Å². The van der Waals surface area contributed by atoms with E-state index in [1.807, 2.05) is 37.3 Å². The number of nitrogens with zero attached hydrogens (tertiary/aromatic N) is 3. The van der Waals surface area contributed by atoms with E-state index in [0.29, 0.717) is 13.0 Å². The normalized spacial score (nSPS) is 14.0. The molecular weight excluding hydrogens is 288 g/mol. The van der Waals surface area contributed by atoms with Crippen LogP contribution in [0.2, 0.25) is 0 Å². The first kappa shape index (κ1) is 15.5. The second-order valence-electron chi connectivity index (χ2n) is 5.98. The van der Waals surface area contributed by atoms with Gasteiger partial charge < -0.3 is 10.2 Å². The van der Waals surface area contributed by atoms with Crippen molar-refractivity contribution in [2.45, 2.75) is 32.7 Å². The van der Waals surface area contributed by atoms with Crippen molar-refractivity contribution >= 4 is 11.9 Å². The first-order valence-electron chi connectivity index (χ1n) is 8.10. The van der Waals surface area contributed by atoms with E-state index in [2.05, 4.69) is 20.2 Å². The number of aryl methyl sites for hydroxylation is 1. The van der Waals surface area contributed by atoms with Crippen LogP contribution in [-0.2, 0) is 17.8 Å². The Morgan fingerprint density at radius 1 is 1.26 bits per heavy atom. The second-order valence-corrected chi connectivity index (χ2v) is 5.98. The fraction of sp³-hybridized carbons (Fsp3) is 0.389. The number of rotatable bonds is 5. The molecule has 0 aliphatic carbocycles. The smallest absolute Gasteiger partial charge is 0.225 e. The number of nitrogens with one attached hydrogen (secondary N) is 1.